The molecule has 2 aromatic heterocycles. The second-order valence-electron chi connectivity index (χ2n) is 6.02. The van der Waals surface area contributed by atoms with Crippen LogP contribution in [-0.2, 0) is 4.79 Å². The molecule has 0 aliphatic heterocycles. The van der Waals surface area contributed by atoms with Gasteiger partial charge in [0.2, 0.25) is 11.8 Å². The number of hydrogen-bond donors (Lipinski definition) is 2. The van der Waals surface area contributed by atoms with Crippen LogP contribution in [0.3, 0.4) is 0 Å². The van der Waals surface area contributed by atoms with Crippen LogP contribution in [0.4, 0.5) is 13.2 Å². The van der Waals surface area contributed by atoms with E-state index in [4.69, 9.17) is 5.73 Å². The molecule has 0 aliphatic carbocycles. The smallest absolute Gasteiger partial charge is 0.493 e. The molecule has 0 radical (unpaired) electrons. The third kappa shape index (κ3) is 4.57. The molecule has 8 nitrogen and oxygen atoms in total. The number of pyridine rings is 1. The molecule has 3 rings (SSSR count). The highest BCUT2D eigenvalue weighted by Gasteiger charge is 2.31. The predicted molar refractivity (Wildman–Crippen MR) is 94.6 cm³/mol. The zero-order chi connectivity index (χ0) is 21.2. The average Bonchev–Trinajstić information content (AvgIpc) is 2.94. The molecular formula is C18H15F3N4O4. The first-order valence-electron chi connectivity index (χ1n) is 8.23. The zero-order valence-electron chi connectivity index (χ0n) is 14.7. The second kappa shape index (κ2) is 7.70. The van der Waals surface area contributed by atoms with E-state index in [1.54, 1.807) is 12.1 Å². The van der Waals surface area contributed by atoms with E-state index in [1.165, 1.54) is 24.5 Å². The minimum atomic E-state index is -4.85. The summed E-state index contributed by atoms with van der Waals surface area (Å²) in [6.45, 7) is 0. The van der Waals surface area contributed by atoms with E-state index in [1.807, 2.05) is 0 Å². The summed E-state index contributed by atoms with van der Waals surface area (Å²) in [5.74, 6) is -1.61. The fourth-order valence-electron chi connectivity index (χ4n) is 2.87. The van der Waals surface area contributed by atoms with Crippen LogP contribution >= 0.6 is 0 Å². The Bertz CT molecular complexity index is 1060. The molecule has 0 bridgehead atoms. The van der Waals surface area contributed by atoms with Gasteiger partial charge in [0.15, 0.2) is 0 Å². The number of imidazole rings is 1. The van der Waals surface area contributed by atoms with E-state index >= 15 is 0 Å². The summed E-state index contributed by atoms with van der Waals surface area (Å²) < 4.78 is 42.7. The highest BCUT2D eigenvalue weighted by atomic mass is 19.4. The minimum absolute atomic E-state index is 0.105. The number of ether oxygens (including phenoxy) is 1. The number of carbonyl (C=O) groups is 1. The van der Waals surface area contributed by atoms with Crippen molar-refractivity contribution in [1.29, 1.82) is 0 Å². The lowest BCUT2D eigenvalue weighted by atomic mass is 10.0. The minimum Gasteiger partial charge on any atom is -0.493 e. The van der Waals surface area contributed by atoms with Crippen LogP contribution in [0.5, 0.6) is 11.6 Å². The van der Waals surface area contributed by atoms with Crippen molar-refractivity contribution in [3.8, 4) is 17.3 Å². The number of benzene rings is 1. The van der Waals surface area contributed by atoms with E-state index in [2.05, 4.69) is 9.72 Å². The lowest BCUT2D eigenvalue weighted by molar-refractivity contribution is -0.274. The van der Waals surface area contributed by atoms with Crippen LogP contribution in [0.2, 0.25) is 0 Å². The number of aromatic hydroxyl groups is 1. The van der Waals surface area contributed by atoms with Crippen LogP contribution in [0.15, 0.2) is 59.8 Å². The predicted octanol–water partition coefficient (Wildman–Crippen LogP) is 2.10. The number of primary amides is 1. The van der Waals surface area contributed by atoms with E-state index in [0.717, 1.165) is 27.5 Å². The number of nitrogens with zero attached hydrogens (tertiary/aromatic N) is 3. The Labute approximate surface area is 161 Å². The van der Waals surface area contributed by atoms with Crippen molar-refractivity contribution >= 4 is 5.91 Å². The summed E-state index contributed by atoms with van der Waals surface area (Å²) in [5, 5.41) is 10.3. The van der Waals surface area contributed by atoms with E-state index in [9.17, 15) is 27.9 Å². The van der Waals surface area contributed by atoms with Gasteiger partial charge in [-0.25, -0.2) is 9.36 Å². The van der Waals surface area contributed by atoms with E-state index < -0.39 is 35.6 Å². The van der Waals surface area contributed by atoms with Gasteiger partial charge in [-0.05, 0) is 42.0 Å². The molecule has 11 heteroatoms. The van der Waals surface area contributed by atoms with E-state index in [0.29, 0.717) is 5.56 Å². The Morgan fingerprint density at radius 2 is 1.79 bits per heavy atom. The van der Waals surface area contributed by atoms with Gasteiger partial charge in [-0.2, -0.15) is 0 Å². The highest BCUT2D eigenvalue weighted by Crippen LogP contribution is 2.26. The lowest BCUT2D eigenvalue weighted by Gasteiger charge is -2.16. The lowest BCUT2D eigenvalue weighted by Crippen LogP contribution is -2.30. The van der Waals surface area contributed by atoms with Gasteiger partial charge in [-0.1, -0.05) is 0 Å². The van der Waals surface area contributed by atoms with Crippen LogP contribution < -0.4 is 16.2 Å². The molecule has 3 N–H and O–H groups in total. The van der Waals surface area contributed by atoms with Crippen molar-refractivity contribution in [2.45, 2.75) is 18.8 Å². The first-order chi connectivity index (χ1) is 13.7. The summed E-state index contributed by atoms with van der Waals surface area (Å²) in [5.41, 5.74) is 5.25. The Kier molecular flexibility index (Phi) is 5.31. The molecule has 1 aromatic carbocycles. The van der Waals surface area contributed by atoms with Crippen molar-refractivity contribution in [2.24, 2.45) is 5.73 Å². The van der Waals surface area contributed by atoms with Gasteiger partial charge in [0.25, 0.3) is 0 Å². The SMILES string of the molecule is NC(=O)CC(c1ccncc1)n1cc(O)n(-c2ccc(OC(F)(F)F)cc2)c1=O. The van der Waals surface area contributed by atoms with Gasteiger partial charge in [0.1, 0.15) is 5.75 Å². The largest absolute Gasteiger partial charge is 0.573 e. The number of nitrogens with two attached hydrogens (primary N) is 1. The molecule has 1 atom stereocenters. The molecule has 152 valence electrons. The van der Waals surface area contributed by atoms with Crippen molar-refractivity contribution in [3.05, 3.63) is 71.0 Å². The number of halogens is 3. The molecule has 0 aliphatic rings. The molecule has 2 heterocycles. The van der Waals surface area contributed by atoms with Crippen LogP contribution in [0, 0.1) is 0 Å². The highest BCUT2D eigenvalue weighted by molar-refractivity contribution is 5.74. The standard InChI is InChI=1S/C18H15F3N4O4/c19-18(20,21)29-13-3-1-12(2-4-13)25-16(27)10-24(17(25)28)14(9-15(22)26)11-5-7-23-8-6-11/h1-8,10,14,27H,9H2,(H2,22,26). The molecular weight excluding hydrogens is 393 g/mol. The zero-order valence-corrected chi connectivity index (χ0v) is 14.7. The third-order valence-electron chi connectivity index (χ3n) is 4.05. The molecule has 3 aromatic rings. The fourth-order valence-corrected chi connectivity index (χ4v) is 2.87. The Morgan fingerprint density at radius 1 is 1.17 bits per heavy atom. The van der Waals surface area contributed by atoms with Crippen LogP contribution in [0.1, 0.15) is 18.0 Å². The molecule has 0 saturated carbocycles. The van der Waals surface area contributed by atoms with Gasteiger partial charge in [0, 0.05) is 12.4 Å². The van der Waals surface area contributed by atoms with Gasteiger partial charge < -0.3 is 15.6 Å². The molecule has 0 saturated heterocycles. The second-order valence-corrected chi connectivity index (χ2v) is 6.02. The average molecular weight is 408 g/mol. The summed E-state index contributed by atoms with van der Waals surface area (Å²) in [6, 6.07) is 6.77. The van der Waals surface area contributed by atoms with Crippen molar-refractivity contribution < 1.29 is 27.8 Å². The van der Waals surface area contributed by atoms with Crippen molar-refractivity contribution in [3.63, 3.8) is 0 Å². The monoisotopic (exact) mass is 408 g/mol. The number of alkyl halides is 3. The Hall–Kier alpha value is -3.76. The summed E-state index contributed by atoms with van der Waals surface area (Å²) in [6.07, 6.45) is -0.992. The quantitative estimate of drug-likeness (QED) is 0.649. The number of rotatable bonds is 6. The Morgan fingerprint density at radius 3 is 2.34 bits per heavy atom. The van der Waals surface area contributed by atoms with Gasteiger partial charge in [-0.15, -0.1) is 13.2 Å². The number of hydrogen-bond acceptors (Lipinski definition) is 5. The topological polar surface area (TPSA) is 112 Å². The summed E-state index contributed by atoms with van der Waals surface area (Å²) in [4.78, 5) is 28.3. The van der Waals surface area contributed by atoms with E-state index in [-0.39, 0.29) is 12.1 Å². The maximum Gasteiger partial charge on any atom is 0.573 e. The van der Waals surface area contributed by atoms with Crippen LogP contribution in [0.25, 0.3) is 5.69 Å². The molecule has 0 fully saturated rings. The summed E-state index contributed by atoms with van der Waals surface area (Å²) >= 11 is 0. The molecule has 1 amide bonds. The van der Waals surface area contributed by atoms with Crippen LogP contribution in [-0.4, -0.2) is 31.5 Å². The first-order valence-corrected chi connectivity index (χ1v) is 8.23. The normalized spacial score (nSPS) is 12.5. The third-order valence-corrected chi connectivity index (χ3v) is 4.05. The maximum absolute atomic E-state index is 12.9. The fraction of sp³-hybridized carbons (Fsp3) is 0.167. The van der Waals surface area contributed by atoms with Gasteiger partial charge in [0.05, 0.1) is 24.3 Å². The number of amides is 1. The molecule has 1 unspecified atom stereocenters. The molecule has 0 spiro atoms. The first kappa shape index (κ1) is 20.0. The molecule has 29 heavy (non-hydrogen) atoms. The van der Waals surface area contributed by atoms with Gasteiger partial charge in [-0.3, -0.25) is 14.3 Å². The number of aromatic nitrogens is 3. The van der Waals surface area contributed by atoms with Crippen molar-refractivity contribution in [1.82, 2.24) is 14.1 Å². The number of carbonyl (C=O) groups excluding carboxylic acids is 1. The van der Waals surface area contributed by atoms with Gasteiger partial charge >= 0.3 is 12.1 Å². The Balaban J connectivity index is 2.01. The van der Waals surface area contributed by atoms with Crippen molar-refractivity contribution in [2.75, 3.05) is 0 Å². The summed E-state index contributed by atoms with van der Waals surface area (Å²) in [7, 11) is 0. The maximum atomic E-state index is 12.9.